The standard InChI is InChI=1S/C27H35F3O5/c1-19(13-15-21-9-8-10-22(17-21)27(28,29)30)14-16-24-23(25(18-34-24)35-20(2)31)11-6-4-5-7-12-26(32)33-3/h4,6,8-10,14,16-17,19,23-25H,5,7,11-13,15,18H2,1-3H3/b6-4-,16-14+/t19-,23+,24+,25-/m0/s1. The summed E-state index contributed by atoms with van der Waals surface area (Å²) in [5.74, 6) is -0.493. The number of allylic oxidation sites excluding steroid dienone is 3. The fourth-order valence-corrected chi connectivity index (χ4v) is 4.01. The van der Waals surface area contributed by atoms with Gasteiger partial charge in [-0.25, -0.2) is 0 Å². The molecule has 0 amide bonds. The molecule has 1 heterocycles. The highest BCUT2D eigenvalue weighted by atomic mass is 19.4. The molecule has 0 radical (unpaired) electrons. The zero-order chi connectivity index (χ0) is 25.8. The molecule has 2 rings (SSSR count). The molecule has 5 nitrogen and oxygen atoms in total. The molecule has 35 heavy (non-hydrogen) atoms. The van der Waals surface area contributed by atoms with E-state index in [1.165, 1.54) is 26.2 Å². The molecule has 0 aromatic heterocycles. The van der Waals surface area contributed by atoms with Crippen molar-refractivity contribution in [2.45, 2.75) is 70.8 Å². The summed E-state index contributed by atoms with van der Waals surface area (Å²) in [5.41, 5.74) is 0.0255. The van der Waals surface area contributed by atoms with Crippen molar-refractivity contribution in [1.29, 1.82) is 0 Å². The number of methoxy groups -OCH3 is 1. The van der Waals surface area contributed by atoms with Crippen molar-refractivity contribution in [3.63, 3.8) is 0 Å². The average Bonchev–Trinajstić information content (AvgIpc) is 3.18. The lowest BCUT2D eigenvalue weighted by molar-refractivity contribution is -0.148. The van der Waals surface area contributed by atoms with Gasteiger partial charge in [-0.3, -0.25) is 9.59 Å². The number of carbonyl (C=O) groups excluding carboxylic acids is 2. The summed E-state index contributed by atoms with van der Waals surface area (Å²) in [4.78, 5) is 22.7. The van der Waals surface area contributed by atoms with Crippen LogP contribution in [0.25, 0.3) is 0 Å². The quantitative estimate of drug-likeness (QED) is 0.200. The van der Waals surface area contributed by atoms with E-state index in [-0.39, 0.29) is 36.0 Å². The zero-order valence-electron chi connectivity index (χ0n) is 20.6. The fraction of sp³-hybridized carbons (Fsp3) is 0.556. The van der Waals surface area contributed by atoms with E-state index in [9.17, 15) is 22.8 Å². The van der Waals surface area contributed by atoms with E-state index in [1.807, 2.05) is 31.2 Å². The molecular weight excluding hydrogens is 461 g/mol. The summed E-state index contributed by atoms with van der Waals surface area (Å²) >= 11 is 0. The van der Waals surface area contributed by atoms with Gasteiger partial charge in [-0.15, -0.1) is 0 Å². The number of unbranched alkanes of at least 4 members (excludes halogenated alkanes) is 1. The first-order valence-electron chi connectivity index (χ1n) is 11.9. The monoisotopic (exact) mass is 496 g/mol. The van der Waals surface area contributed by atoms with Gasteiger partial charge in [0.15, 0.2) is 0 Å². The number of alkyl halides is 3. The lowest BCUT2D eigenvalue weighted by Gasteiger charge is -2.19. The smallest absolute Gasteiger partial charge is 0.416 e. The van der Waals surface area contributed by atoms with E-state index in [4.69, 9.17) is 9.47 Å². The first-order chi connectivity index (χ1) is 16.6. The molecule has 1 aromatic rings. The van der Waals surface area contributed by atoms with Crippen molar-refractivity contribution in [2.24, 2.45) is 11.8 Å². The lowest BCUT2D eigenvalue weighted by Crippen LogP contribution is -2.27. The van der Waals surface area contributed by atoms with Crippen molar-refractivity contribution >= 4 is 11.9 Å². The maximum Gasteiger partial charge on any atom is 0.416 e. The van der Waals surface area contributed by atoms with Crippen LogP contribution in [0, 0.1) is 11.8 Å². The summed E-state index contributed by atoms with van der Waals surface area (Å²) < 4.78 is 54.7. The maximum atomic E-state index is 12.9. The number of aryl methyl sites for hydroxylation is 1. The van der Waals surface area contributed by atoms with Crippen molar-refractivity contribution in [3.05, 3.63) is 59.7 Å². The Morgan fingerprint density at radius 2 is 2.03 bits per heavy atom. The first kappa shape index (κ1) is 28.6. The number of rotatable bonds is 12. The highest BCUT2D eigenvalue weighted by molar-refractivity contribution is 5.69. The molecule has 0 aliphatic carbocycles. The topological polar surface area (TPSA) is 61.8 Å². The van der Waals surface area contributed by atoms with E-state index in [2.05, 4.69) is 4.74 Å². The van der Waals surface area contributed by atoms with Crippen LogP contribution in [-0.2, 0) is 36.4 Å². The van der Waals surface area contributed by atoms with Crippen LogP contribution in [0.15, 0.2) is 48.6 Å². The third-order valence-electron chi connectivity index (χ3n) is 6.00. The van der Waals surface area contributed by atoms with Crippen LogP contribution in [0.3, 0.4) is 0 Å². The molecule has 4 atom stereocenters. The van der Waals surface area contributed by atoms with Crippen LogP contribution < -0.4 is 0 Å². The second kappa shape index (κ2) is 14.1. The third-order valence-corrected chi connectivity index (χ3v) is 6.00. The Morgan fingerprint density at radius 3 is 2.71 bits per heavy atom. The van der Waals surface area contributed by atoms with Gasteiger partial charge in [-0.05, 0) is 49.7 Å². The molecule has 0 bridgehead atoms. The van der Waals surface area contributed by atoms with Crippen LogP contribution in [0.5, 0.6) is 0 Å². The van der Waals surface area contributed by atoms with Gasteiger partial charge in [-0.2, -0.15) is 13.2 Å². The summed E-state index contributed by atoms with van der Waals surface area (Å²) in [7, 11) is 1.37. The maximum absolute atomic E-state index is 12.9. The number of halogens is 3. The number of hydrogen-bond donors (Lipinski definition) is 0. The number of carbonyl (C=O) groups is 2. The minimum absolute atomic E-state index is 0.0392. The van der Waals surface area contributed by atoms with Crippen LogP contribution in [0.2, 0.25) is 0 Å². The molecule has 1 aliphatic heterocycles. The minimum atomic E-state index is -4.34. The molecule has 0 unspecified atom stereocenters. The first-order valence-corrected chi connectivity index (χ1v) is 11.9. The number of benzene rings is 1. The minimum Gasteiger partial charge on any atom is -0.469 e. The Labute approximate surface area is 205 Å². The lowest BCUT2D eigenvalue weighted by atomic mass is 9.92. The van der Waals surface area contributed by atoms with Crippen molar-refractivity contribution in [1.82, 2.24) is 0 Å². The predicted octanol–water partition coefficient (Wildman–Crippen LogP) is 6.07. The van der Waals surface area contributed by atoms with Crippen LogP contribution in [0.1, 0.15) is 57.1 Å². The van der Waals surface area contributed by atoms with Gasteiger partial charge in [0.1, 0.15) is 6.10 Å². The Bertz CT molecular complexity index is 878. The Hall–Kier alpha value is -2.61. The van der Waals surface area contributed by atoms with E-state index < -0.39 is 11.7 Å². The molecule has 1 fully saturated rings. The highest BCUT2D eigenvalue weighted by Crippen LogP contribution is 2.31. The van der Waals surface area contributed by atoms with E-state index in [1.54, 1.807) is 6.07 Å². The summed E-state index contributed by atoms with van der Waals surface area (Å²) in [6, 6.07) is 5.43. The van der Waals surface area contributed by atoms with Crippen molar-refractivity contribution < 1.29 is 37.0 Å². The summed E-state index contributed by atoms with van der Waals surface area (Å²) in [5, 5.41) is 0. The van der Waals surface area contributed by atoms with Crippen molar-refractivity contribution in [2.75, 3.05) is 13.7 Å². The summed E-state index contributed by atoms with van der Waals surface area (Å²) in [6.07, 6.45) is 6.79. The van der Waals surface area contributed by atoms with Gasteiger partial charge in [0, 0.05) is 19.3 Å². The summed E-state index contributed by atoms with van der Waals surface area (Å²) in [6.45, 7) is 3.70. The zero-order valence-corrected chi connectivity index (χ0v) is 20.6. The van der Waals surface area contributed by atoms with Gasteiger partial charge in [0.25, 0.3) is 0 Å². The van der Waals surface area contributed by atoms with Crippen LogP contribution in [0.4, 0.5) is 13.2 Å². The SMILES string of the molecule is COC(=O)CCC/C=C\C[C@H]1[C@@H](OC(C)=O)CO[C@@H]1/C=C/[C@@H](C)CCc1cccc(C(F)(F)F)c1. The van der Waals surface area contributed by atoms with E-state index >= 15 is 0 Å². The van der Waals surface area contributed by atoms with Gasteiger partial charge >= 0.3 is 18.1 Å². The van der Waals surface area contributed by atoms with E-state index in [0.29, 0.717) is 44.3 Å². The van der Waals surface area contributed by atoms with Crippen LogP contribution in [-0.4, -0.2) is 37.9 Å². The molecular formula is C27H35F3O5. The fourth-order valence-electron chi connectivity index (χ4n) is 4.01. The van der Waals surface area contributed by atoms with Gasteiger partial charge < -0.3 is 14.2 Å². The second-order valence-electron chi connectivity index (χ2n) is 8.88. The average molecular weight is 497 g/mol. The number of hydrogen-bond acceptors (Lipinski definition) is 5. The Kier molecular flexibility index (Phi) is 11.5. The van der Waals surface area contributed by atoms with Crippen LogP contribution >= 0.6 is 0 Å². The molecule has 1 saturated heterocycles. The van der Waals surface area contributed by atoms with Crippen molar-refractivity contribution in [3.8, 4) is 0 Å². The Morgan fingerprint density at radius 1 is 1.26 bits per heavy atom. The second-order valence-corrected chi connectivity index (χ2v) is 8.88. The predicted molar refractivity (Wildman–Crippen MR) is 126 cm³/mol. The molecule has 0 saturated carbocycles. The van der Waals surface area contributed by atoms with E-state index in [0.717, 1.165) is 12.5 Å². The van der Waals surface area contributed by atoms with Gasteiger partial charge in [0.05, 0.1) is 25.4 Å². The molecule has 1 aromatic carbocycles. The number of esters is 2. The Balaban J connectivity index is 1.91. The van der Waals surface area contributed by atoms with Gasteiger partial charge in [0.2, 0.25) is 0 Å². The molecule has 0 N–H and O–H groups in total. The number of ether oxygens (including phenoxy) is 3. The highest BCUT2D eigenvalue weighted by Gasteiger charge is 2.37. The van der Waals surface area contributed by atoms with Gasteiger partial charge in [-0.1, -0.05) is 49.4 Å². The molecule has 194 valence electrons. The normalized spacial score (nSPS) is 21.5. The molecule has 0 spiro atoms. The molecule has 8 heteroatoms. The molecule has 1 aliphatic rings. The third kappa shape index (κ3) is 10.3. The largest absolute Gasteiger partial charge is 0.469 e.